The lowest BCUT2D eigenvalue weighted by atomic mass is 9.67. The van der Waals surface area contributed by atoms with Crippen molar-refractivity contribution in [1.29, 1.82) is 0 Å². The fourth-order valence-electron chi connectivity index (χ4n) is 2.82. The van der Waals surface area contributed by atoms with Gasteiger partial charge in [-0.25, -0.2) is 0 Å². The topological polar surface area (TPSA) is 24.1 Å². The van der Waals surface area contributed by atoms with Gasteiger partial charge in [-0.3, -0.25) is 0 Å². The molecule has 1 atom stereocenters. The highest BCUT2D eigenvalue weighted by atomic mass is 14.9. The molecule has 0 spiro atoms. The van der Waals surface area contributed by atoms with Crippen LogP contribution in [0, 0.1) is 17.3 Å². The predicted molar refractivity (Wildman–Crippen MR) is 65.0 cm³/mol. The van der Waals surface area contributed by atoms with Gasteiger partial charge < -0.3 is 10.6 Å². The van der Waals surface area contributed by atoms with Gasteiger partial charge in [-0.2, -0.15) is 0 Å². The Morgan fingerprint density at radius 3 is 2.60 bits per heavy atom. The molecule has 1 aliphatic heterocycles. The third kappa shape index (κ3) is 2.94. The predicted octanol–water partition coefficient (Wildman–Crippen LogP) is 2.01. The highest BCUT2D eigenvalue weighted by Crippen LogP contribution is 2.41. The molecule has 0 aromatic heterocycles. The molecular weight excluding hydrogens is 184 g/mol. The van der Waals surface area contributed by atoms with Crippen LogP contribution < -0.4 is 10.6 Å². The van der Waals surface area contributed by atoms with Crippen molar-refractivity contribution < 1.29 is 0 Å². The lowest BCUT2D eigenvalue weighted by molar-refractivity contribution is 0.118. The highest BCUT2D eigenvalue weighted by molar-refractivity contribution is 4.86. The van der Waals surface area contributed by atoms with Crippen molar-refractivity contribution in [1.82, 2.24) is 10.6 Å². The van der Waals surface area contributed by atoms with Gasteiger partial charge in [0.05, 0.1) is 0 Å². The Kier molecular flexibility index (Phi) is 3.68. The van der Waals surface area contributed by atoms with Crippen LogP contribution in [-0.2, 0) is 0 Å². The van der Waals surface area contributed by atoms with Gasteiger partial charge in [0, 0.05) is 6.54 Å². The standard InChI is InChI=1S/C13H26N2/c1-13(2,12-4-3-5-12)10-15-9-11-6-7-14-8-11/h11-12,14-15H,3-10H2,1-2H3. The van der Waals surface area contributed by atoms with E-state index in [1.165, 1.54) is 51.9 Å². The van der Waals surface area contributed by atoms with Crippen molar-refractivity contribution in [2.24, 2.45) is 17.3 Å². The molecule has 2 fully saturated rings. The van der Waals surface area contributed by atoms with Crippen LogP contribution in [0.2, 0.25) is 0 Å². The fraction of sp³-hybridized carbons (Fsp3) is 1.00. The fourth-order valence-corrected chi connectivity index (χ4v) is 2.82. The van der Waals surface area contributed by atoms with Gasteiger partial charge in [-0.15, -0.1) is 0 Å². The van der Waals surface area contributed by atoms with E-state index in [9.17, 15) is 0 Å². The summed E-state index contributed by atoms with van der Waals surface area (Å²) in [6.45, 7) is 9.71. The highest BCUT2D eigenvalue weighted by Gasteiger charge is 2.33. The van der Waals surface area contributed by atoms with E-state index in [1.807, 2.05) is 0 Å². The molecule has 2 heteroatoms. The van der Waals surface area contributed by atoms with Crippen molar-refractivity contribution in [2.45, 2.75) is 39.5 Å². The maximum Gasteiger partial charge on any atom is 0.000529 e. The molecular formula is C13H26N2. The third-order valence-corrected chi connectivity index (χ3v) is 4.39. The van der Waals surface area contributed by atoms with Crippen molar-refractivity contribution >= 4 is 0 Å². The molecule has 2 aliphatic rings. The summed E-state index contributed by atoms with van der Waals surface area (Å²) in [7, 11) is 0. The minimum atomic E-state index is 0.518. The van der Waals surface area contributed by atoms with Gasteiger partial charge >= 0.3 is 0 Å². The second kappa shape index (κ2) is 4.84. The summed E-state index contributed by atoms with van der Waals surface area (Å²) in [5, 5.41) is 7.10. The van der Waals surface area contributed by atoms with Gasteiger partial charge in [0.1, 0.15) is 0 Å². The van der Waals surface area contributed by atoms with Gasteiger partial charge in [0.15, 0.2) is 0 Å². The van der Waals surface area contributed by atoms with E-state index in [1.54, 1.807) is 0 Å². The van der Waals surface area contributed by atoms with E-state index in [0.717, 1.165) is 11.8 Å². The van der Waals surface area contributed by atoms with E-state index in [4.69, 9.17) is 0 Å². The number of hydrogen-bond acceptors (Lipinski definition) is 2. The van der Waals surface area contributed by atoms with Gasteiger partial charge in [-0.1, -0.05) is 20.3 Å². The van der Waals surface area contributed by atoms with E-state index in [2.05, 4.69) is 24.5 Å². The number of hydrogen-bond donors (Lipinski definition) is 2. The van der Waals surface area contributed by atoms with Crippen molar-refractivity contribution in [3.63, 3.8) is 0 Å². The van der Waals surface area contributed by atoms with Crippen molar-refractivity contribution in [2.75, 3.05) is 26.2 Å². The Labute approximate surface area is 94.2 Å². The maximum atomic E-state index is 3.68. The molecule has 0 amide bonds. The summed E-state index contributed by atoms with van der Waals surface area (Å²) in [6.07, 6.45) is 5.73. The average Bonchev–Trinajstić information content (AvgIpc) is 2.51. The minimum Gasteiger partial charge on any atom is -0.316 e. The van der Waals surface area contributed by atoms with Crippen LogP contribution in [0.1, 0.15) is 39.5 Å². The first kappa shape index (κ1) is 11.4. The average molecular weight is 210 g/mol. The molecule has 1 aliphatic carbocycles. The van der Waals surface area contributed by atoms with E-state index in [-0.39, 0.29) is 0 Å². The lowest BCUT2D eigenvalue weighted by Gasteiger charge is -2.40. The van der Waals surface area contributed by atoms with Crippen molar-refractivity contribution in [3.05, 3.63) is 0 Å². The summed E-state index contributed by atoms with van der Waals surface area (Å²) in [5.74, 6) is 1.86. The van der Waals surface area contributed by atoms with Crippen LogP contribution in [-0.4, -0.2) is 26.2 Å². The van der Waals surface area contributed by atoms with Crippen LogP contribution in [0.5, 0.6) is 0 Å². The number of rotatable bonds is 5. The second-order valence-electron chi connectivity index (χ2n) is 6.11. The number of nitrogens with one attached hydrogen (secondary N) is 2. The second-order valence-corrected chi connectivity index (χ2v) is 6.11. The maximum absolute atomic E-state index is 3.68. The van der Waals surface area contributed by atoms with Gasteiger partial charge in [-0.05, 0) is 56.1 Å². The summed E-state index contributed by atoms with van der Waals surface area (Å²) in [5.41, 5.74) is 0.518. The molecule has 0 radical (unpaired) electrons. The summed E-state index contributed by atoms with van der Waals surface area (Å²) < 4.78 is 0. The van der Waals surface area contributed by atoms with Crippen LogP contribution in [0.3, 0.4) is 0 Å². The Bertz CT molecular complexity index is 191. The molecule has 0 aromatic carbocycles. The molecule has 0 bridgehead atoms. The Morgan fingerprint density at radius 1 is 1.27 bits per heavy atom. The SMILES string of the molecule is CC(C)(CNCC1CCNC1)C1CCC1. The molecule has 1 heterocycles. The van der Waals surface area contributed by atoms with Crippen LogP contribution in [0.4, 0.5) is 0 Å². The monoisotopic (exact) mass is 210 g/mol. The first-order chi connectivity index (χ1) is 7.18. The molecule has 1 saturated carbocycles. The molecule has 15 heavy (non-hydrogen) atoms. The first-order valence-electron chi connectivity index (χ1n) is 6.60. The molecule has 2 rings (SSSR count). The van der Waals surface area contributed by atoms with Crippen LogP contribution >= 0.6 is 0 Å². The summed E-state index contributed by atoms with van der Waals surface area (Å²) in [6, 6.07) is 0. The Hall–Kier alpha value is -0.0800. The van der Waals surface area contributed by atoms with Crippen LogP contribution in [0.15, 0.2) is 0 Å². The van der Waals surface area contributed by atoms with Crippen LogP contribution in [0.25, 0.3) is 0 Å². The molecule has 1 unspecified atom stereocenters. The molecule has 0 aromatic rings. The first-order valence-corrected chi connectivity index (χ1v) is 6.60. The quantitative estimate of drug-likeness (QED) is 0.725. The molecule has 2 nitrogen and oxygen atoms in total. The molecule has 1 saturated heterocycles. The minimum absolute atomic E-state index is 0.518. The zero-order valence-corrected chi connectivity index (χ0v) is 10.3. The van der Waals surface area contributed by atoms with E-state index >= 15 is 0 Å². The zero-order valence-electron chi connectivity index (χ0n) is 10.3. The smallest absolute Gasteiger partial charge is 0.000529 e. The Balaban J connectivity index is 1.63. The third-order valence-electron chi connectivity index (χ3n) is 4.39. The van der Waals surface area contributed by atoms with Gasteiger partial charge in [0.2, 0.25) is 0 Å². The molecule has 88 valence electrons. The largest absolute Gasteiger partial charge is 0.316 e. The zero-order chi connectivity index (χ0) is 10.7. The molecule has 2 N–H and O–H groups in total. The summed E-state index contributed by atoms with van der Waals surface area (Å²) in [4.78, 5) is 0. The van der Waals surface area contributed by atoms with E-state index in [0.29, 0.717) is 5.41 Å². The Morgan fingerprint density at radius 2 is 2.07 bits per heavy atom. The van der Waals surface area contributed by atoms with E-state index < -0.39 is 0 Å². The lowest BCUT2D eigenvalue weighted by Crippen LogP contribution is -2.40. The normalized spacial score (nSPS) is 28.0. The van der Waals surface area contributed by atoms with Gasteiger partial charge in [0.25, 0.3) is 0 Å². The van der Waals surface area contributed by atoms with Crippen molar-refractivity contribution in [3.8, 4) is 0 Å². The summed E-state index contributed by atoms with van der Waals surface area (Å²) >= 11 is 0.